The number of carbonyl (C=O) groups excluding carboxylic acids is 1. The van der Waals surface area contributed by atoms with E-state index in [2.05, 4.69) is 40.4 Å². The monoisotopic (exact) mass is 565 g/mol. The second kappa shape index (κ2) is 10.1. The number of aromatic nitrogens is 4. The molecule has 2 aromatic heterocycles. The lowest BCUT2D eigenvalue weighted by atomic mass is 9.87. The van der Waals surface area contributed by atoms with Crippen LogP contribution in [-0.2, 0) is 23.3 Å². The standard InChI is InChI=1S/C32H35N7O3/c1-4-6-14-38-30(41)24-17-33-31(34-22-7-9-25-21(15-22)18-36(3)20-32(25)11-12-32)35-29(24)39(38)23-8-10-27-26(16-23)37(13-5-2)28(40)19-42-27/h4,6-10,15-17H,5,11-14,18-20H2,1-3H3,(H,33,34,35)/b6-4-. The Hall–Kier alpha value is -4.44. The Labute approximate surface area is 244 Å². The molecule has 10 nitrogen and oxygen atoms in total. The molecule has 7 rings (SSSR count). The topological polar surface area (TPSA) is 97.5 Å². The van der Waals surface area contributed by atoms with Crippen LogP contribution >= 0.6 is 0 Å². The zero-order valence-corrected chi connectivity index (χ0v) is 24.3. The van der Waals surface area contributed by atoms with E-state index in [4.69, 9.17) is 9.72 Å². The molecule has 1 N–H and O–H groups in total. The summed E-state index contributed by atoms with van der Waals surface area (Å²) < 4.78 is 9.18. The van der Waals surface area contributed by atoms with Gasteiger partial charge in [-0.15, -0.1) is 0 Å². The van der Waals surface area contributed by atoms with Crippen molar-refractivity contribution >= 4 is 34.3 Å². The van der Waals surface area contributed by atoms with Crippen LogP contribution in [0.15, 0.2) is 59.5 Å². The highest BCUT2D eigenvalue weighted by Gasteiger charge is 2.48. The molecule has 42 heavy (non-hydrogen) atoms. The lowest BCUT2D eigenvalue weighted by molar-refractivity contribution is -0.121. The fourth-order valence-corrected chi connectivity index (χ4v) is 6.49. The number of benzene rings is 2. The van der Waals surface area contributed by atoms with Gasteiger partial charge in [-0.25, -0.2) is 14.3 Å². The minimum absolute atomic E-state index is 0.0209. The number of carbonyl (C=O) groups is 1. The molecule has 0 atom stereocenters. The Morgan fingerprint density at radius 3 is 2.79 bits per heavy atom. The summed E-state index contributed by atoms with van der Waals surface area (Å²) in [5.41, 5.74) is 5.74. The molecule has 1 amide bonds. The Morgan fingerprint density at radius 1 is 1.14 bits per heavy atom. The molecule has 1 spiro atoms. The Kier molecular flexibility index (Phi) is 6.38. The van der Waals surface area contributed by atoms with Crippen molar-refractivity contribution in [1.82, 2.24) is 24.2 Å². The van der Waals surface area contributed by atoms with Crippen LogP contribution in [-0.4, -0.2) is 56.9 Å². The van der Waals surface area contributed by atoms with Gasteiger partial charge in [0.25, 0.3) is 11.5 Å². The summed E-state index contributed by atoms with van der Waals surface area (Å²) in [6.45, 7) is 6.96. The summed E-state index contributed by atoms with van der Waals surface area (Å²) >= 11 is 0. The van der Waals surface area contributed by atoms with Crippen LogP contribution in [0.5, 0.6) is 5.75 Å². The number of fused-ring (bicyclic) bond motifs is 4. The van der Waals surface area contributed by atoms with Crippen molar-refractivity contribution < 1.29 is 9.53 Å². The molecule has 2 aromatic carbocycles. The molecule has 1 saturated carbocycles. The SMILES string of the molecule is C/C=C\Cn1c(=O)c2cnc(Nc3ccc4c(c3)CN(C)CC43CC3)nc2n1-c1ccc2c(c1)N(CCC)C(=O)CO2. The van der Waals surface area contributed by atoms with Gasteiger partial charge in [0.1, 0.15) is 11.1 Å². The quantitative estimate of drug-likeness (QED) is 0.329. The largest absolute Gasteiger partial charge is 0.482 e. The smallest absolute Gasteiger partial charge is 0.278 e. The highest BCUT2D eigenvalue weighted by atomic mass is 16.5. The Balaban J connectivity index is 1.31. The molecule has 0 saturated heterocycles. The van der Waals surface area contributed by atoms with Gasteiger partial charge < -0.3 is 19.9 Å². The number of rotatable bonds is 7. The molecule has 4 heterocycles. The summed E-state index contributed by atoms with van der Waals surface area (Å²) in [5, 5.41) is 3.81. The molecular weight excluding hydrogens is 530 g/mol. The van der Waals surface area contributed by atoms with Crippen molar-refractivity contribution in [2.45, 2.75) is 51.6 Å². The number of ether oxygens (including phenoxy) is 1. The second-order valence-electron chi connectivity index (χ2n) is 11.6. The molecule has 2 aliphatic heterocycles. The molecule has 0 bridgehead atoms. The first-order chi connectivity index (χ1) is 20.4. The second-order valence-corrected chi connectivity index (χ2v) is 11.6. The van der Waals surface area contributed by atoms with E-state index in [-0.39, 0.29) is 18.1 Å². The fourth-order valence-electron chi connectivity index (χ4n) is 6.49. The number of allylic oxidation sites excluding steroid dienone is 2. The van der Waals surface area contributed by atoms with Gasteiger partial charge in [0.2, 0.25) is 5.95 Å². The van der Waals surface area contributed by atoms with E-state index in [9.17, 15) is 9.59 Å². The lowest BCUT2D eigenvalue weighted by Gasteiger charge is -2.32. The van der Waals surface area contributed by atoms with Crippen LogP contribution < -0.4 is 20.5 Å². The molecule has 3 aliphatic rings. The average Bonchev–Trinajstić information content (AvgIpc) is 3.69. The lowest BCUT2D eigenvalue weighted by Crippen LogP contribution is -2.39. The number of hydrogen-bond acceptors (Lipinski definition) is 7. The maximum atomic E-state index is 13.6. The number of likely N-dealkylation sites (N-methyl/N-ethyl adjacent to an activating group) is 1. The van der Waals surface area contributed by atoms with Crippen molar-refractivity contribution in [2.75, 3.05) is 37.0 Å². The number of hydrogen-bond donors (Lipinski definition) is 1. The summed E-state index contributed by atoms with van der Waals surface area (Å²) in [5.74, 6) is 0.977. The van der Waals surface area contributed by atoms with Crippen LogP contribution in [0.25, 0.3) is 16.7 Å². The van der Waals surface area contributed by atoms with Crippen LogP contribution in [0.4, 0.5) is 17.3 Å². The van der Waals surface area contributed by atoms with Crippen molar-refractivity contribution in [2.24, 2.45) is 0 Å². The van der Waals surface area contributed by atoms with Crippen molar-refractivity contribution in [3.8, 4) is 11.4 Å². The first-order valence-corrected chi connectivity index (χ1v) is 14.7. The average molecular weight is 566 g/mol. The molecular formula is C32H35N7O3. The normalized spacial score (nSPS) is 17.5. The maximum Gasteiger partial charge on any atom is 0.278 e. The first kappa shape index (κ1) is 26.5. The van der Waals surface area contributed by atoms with Crippen LogP contribution in [0.3, 0.4) is 0 Å². The van der Waals surface area contributed by atoms with E-state index in [1.807, 2.05) is 48.9 Å². The van der Waals surface area contributed by atoms with Gasteiger partial charge in [-0.05, 0) is 74.7 Å². The highest BCUT2D eigenvalue weighted by Crippen LogP contribution is 2.52. The molecule has 10 heteroatoms. The summed E-state index contributed by atoms with van der Waals surface area (Å²) in [6.07, 6.45) is 8.74. The van der Waals surface area contributed by atoms with E-state index in [1.165, 1.54) is 24.0 Å². The van der Waals surface area contributed by atoms with E-state index < -0.39 is 0 Å². The molecule has 1 fully saturated rings. The number of nitrogens with zero attached hydrogens (tertiary/aromatic N) is 6. The summed E-state index contributed by atoms with van der Waals surface area (Å²) in [4.78, 5) is 39.8. The van der Waals surface area contributed by atoms with Gasteiger partial charge in [-0.3, -0.25) is 9.59 Å². The van der Waals surface area contributed by atoms with Crippen molar-refractivity contribution in [3.63, 3.8) is 0 Å². The Bertz CT molecular complexity index is 1800. The molecule has 0 unspecified atom stereocenters. The third-order valence-corrected chi connectivity index (χ3v) is 8.57. The molecule has 0 radical (unpaired) electrons. The van der Waals surface area contributed by atoms with Crippen LogP contribution in [0.2, 0.25) is 0 Å². The third-order valence-electron chi connectivity index (χ3n) is 8.57. The number of amides is 1. The maximum absolute atomic E-state index is 13.6. The Morgan fingerprint density at radius 2 is 2.00 bits per heavy atom. The van der Waals surface area contributed by atoms with E-state index in [0.29, 0.717) is 52.6 Å². The van der Waals surface area contributed by atoms with Crippen LogP contribution in [0.1, 0.15) is 44.2 Å². The number of anilines is 3. The third kappa shape index (κ3) is 4.37. The minimum atomic E-state index is -0.184. The van der Waals surface area contributed by atoms with Gasteiger partial charge in [0, 0.05) is 36.9 Å². The van der Waals surface area contributed by atoms with Gasteiger partial charge in [0.15, 0.2) is 12.3 Å². The van der Waals surface area contributed by atoms with Crippen molar-refractivity contribution in [3.05, 3.63) is 76.2 Å². The van der Waals surface area contributed by atoms with Crippen LogP contribution in [0, 0.1) is 0 Å². The van der Waals surface area contributed by atoms with Gasteiger partial charge in [-0.1, -0.05) is 25.1 Å². The molecule has 1 aliphatic carbocycles. The summed E-state index contributed by atoms with van der Waals surface area (Å²) in [6, 6.07) is 12.2. The van der Waals surface area contributed by atoms with E-state index in [0.717, 1.165) is 25.2 Å². The highest BCUT2D eigenvalue weighted by molar-refractivity contribution is 5.98. The zero-order valence-electron chi connectivity index (χ0n) is 24.3. The van der Waals surface area contributed by atoms with Gasteiger partial charge in [0.05, 0.1) is 17.9 Å². The van der Waals surface area contributed by atoms with Gasteiger partial charge in [-0.2, -0.15) is 4.98 Å². The van der Waals surface area contributed by atoms with Gasteiger partial charge >= 0.3 is 0 Å². The molecule has 4 aromatic rings. The number of nitrogens with one attached hydrogen (secondary N) is 1. The van der Waals surface area contributed by atoms with E-state index in [1.54, 1.807) is 15.8 Å². The minimum Gasteiger partial charge on any atom is -0.482 e. The first-order valence-electron chi connectivity index (χ1n) is 14.7. The molecule has 216 valence electrons. The fraction of sp³-hybridized carbons (Fsp3) is 0.375. The van der Waals surface area contributed by atoms with E-state index >= 15 is 0 Å². The zero-order chi connectivity index (χ0) is 29.0. The predicted molar refractivity (Wildman–Crippen MR) is 163 cm³/mol. The summed E-state index contributed by atoms with van der Waals surface area (Å²) in [7, 11) is 2.18. The van der Waals surface area contributed by atoms with Crippen molar-refractivity contribution in [1.29, 1.82) is 0 Å². The predicted octanol–water partition coefficient (Wildman–Crippen LogP) is 4.51.